The lowest BCUT2D eigenvalue weighted by Crippen LogP contribution is -2.38. The number of piperidine rings is 1. The minimum atomic E-state index is 0.0898. The Morgan fingerprint density at radius 3 is 2.30 bits per heavy atom. The fourth-order valence-electron chi connectivity index (χ4n) is 3.05. The predicted molar refractivity (Wildman–Crippen MR) is 91.1 cm³/mol. The second kappa shape index (κ2) is 6.07. The predicted octanol–water partition coefficient (Wildman–Crippen LogP) is 4.73. The first-order valence-corrected chi connectivity index (χ1v) is 8.38. The van der Waals surface area contributed by atoms with Gasteiger partial charge in [-0.15, -0.1) is 0 Å². The van der Waals surface area contributed by atoms with E-state index < -0.39 is 0 Å². The van der Waals surface area contributed by atoms with Gasteiger partial charge in [0.05, 0.1) is 5.69 Å². The minimum absolute atomic E-state index is 0.0898. The summed E-state index contributed by atoms with van der Waals surface area (Å²) in [7, 11) is 0. The van der Waals surface area contributed by atoms with Gasteiger partial charge in [-0.3, -0.25) is 0 Å². The maximum Gasteiger partial charge on any atom is 0.0510 e. The van der Waals surface area contributed by atoms with Crippen LogP contribution in [0.5, 0.6) is 0 Å². The van der Waals surface area contributed by atoms with Gasteiger partial charge < -0.3 is 10.6 Å². The number of nitrogens with two attached hydrogens (primary N) is 1. The van der Waals surface area contributed by atoms with Crippen LogP contribution in [0.1, 0.15) is 52.1 Å². The number of hydrogen-bond acceptors (Lipinski definition) is 2. The van der Waals surface area contributed by atoms with Gasteiger partial charge in [0.1, 0.15) is 0 Å². The van der Waals surface area contributed by atoms with E-state index in [9.17, 15) is 0 Å². The molecule has 0 radical (unpaired) electrons. The zero-order chi connectivity index (χ0) is 14.9. The summed E-state index contributed by atoms with van der Waals surface area (Å²) >= 11 is 3.71. The molecule has 0 aliphatic carbocycles. The molecule has 2 rings (SSSR count). The lowest BCUT2D eigenvalue weighted by atomic mass is 9.75. The van der Waals surface area contributed by atoms with Gasteiger partial charge in [-0.25, -0.2) is 0 Å². The fourth-order valence-corrected chi connectivity index (χ4v) is 3.70. The van der Waals surface area contributed by atoms with Crippen LogP contribution in [0, 0.1) is 11.3 Å². The van der Waals surface area contributed by atoms with Crippen molar-refractivity contribution >= 4 is 21.6 Å². The molecule has 0 saturated carbocycles. The first-order valence-electron chi connectivity index (χ1n) is 7.59. The molecule has 1 fully saturated rings. The van der Waals surface area contributed by atoms with Crippen LogP contribution in [0.3, 0.4) is 0 Å². The van der Waals surface area contributed by atoms with Crippen LogP contribution in [-0.2, 0) is 0 Å². The number of benzene rings is 1. The molecule has 1 heterocycles. The summed E-state index contributed by atoms with van der Waals surface area (Å²) in [5.41, 5.74) is 8.87. The summed E-state index contributed by atoms with van der Waals surface area (Å²) in [4.78, 5) is 2.50. The van der Waals surface area contributed by atoms with Crippen molar-refractivity contribution in [2.45, 2.75) is 46.6 Å². The fraction of sp³-hybridized carbons (Fsp3) is 0.647. The maximum atomic E-state index is 5.94. The quantitative estimate of drug-likeness (QED) is 0.844. The van der Waals surface area contributed by atoms with E-state index in [1.165, 1.54) is 28.6 Å². The minimum Gasteiger partial charge on any atom is -0.371 e. The van der Waals surface area contributed by atoms with Crippen molar-refractivity contribution in [1.82, 2.24) is 0 Å². The normalized spacial score (nSPS) is 19.2. The first kappa shape index (κ1) is 15.8. The topological polar surface area (TPSA) is 29.3 Å². The van der Waals surface area contributed by atoms with E-state index in [1.807, 2.05) is 6.92 Å². The average molecular weight is 339 g/mol. The molecule has 0 spiro atoms. The molecule has 1 aliphatic rings. The highest BCUT2D eigenvalue weighted by atomic mass is 79.9. The Bertz CT molecular complexity index is 455. The highest BCUT2D eigenvalue weighted by Crippen LogP contribution is 2.37. The summed E-state index contributed by atoms with van der Waals surface area (Å²) in [5, 5.41) is 0. The molecule has 3 heteroatoms. The van der Waals surface area contributed by atoms with Crippen molar-refractivity contribution in [3.8, 4) is 0 Å². The van der Waals surface area contributed by atoms with Crippen LogP contribution in [0.4, 0.5) is 5.69 Å². The summed E-state index contributed by atoms with van der Waals surface area (Å²) in [6, 6.07) is 6.61. The molecule has 0 bridgehead atoms. The summed E-state index contributed by atoms with van der Waals surface area (Å²) in [5.74, 6) is 0.834. The van der Waals surface area contributed by atoms with Gasteiger partial charge in [-0.2, -0.15) is 0 Å². The van der Waals surface area contributed by atoms with Crippen LogP contribution in [0.2, 0.25) is 0 Å². The van der Waals surface area contributed by atoms with Crippen molar-refractivity contribution in [2.75, 3.05) is 18.0 Å². The Morgan fingerprint density at radius 2 is 1.85 bits per heavy atom. The van der Waals surface area contributed by atoms with Gasteiger partial charge in [0.25, 0.3) is 0 Å². The molecular formula is C17H27BrN2. The van der Waals surface area contributed by atoms with E-state index >= 15 is 0 Å². The third kappa shape index (κ3) is 3.56. The van der Waals surface area contributed by atoms with Crippen molar-refractivity contribution in [1.29, 1.82) is 0 Å². The third-order valence-corrected chi connectivity index (χ3v) is 5.19. The van der Waals surface area contributed by atoms with Crippen LogP contribution in [0.15, 0.2) is 22.7 Å². The highest BCUT2D eigenvalue weighted by molar-refractivity contribution is 9.10. The van der Waals surface area contributed by atoms with Gasteiger partial charge in [-0.1, -0.05) is 26.8 Å². The molecule has 20 heavy (non-hydrogen) atoms. The van der Waals surface area contributed by atoms with Crippen molar-refractivity contribution in [3.05, 3.63) is 28.2 Å². The molecule has 0 amide bonds. The molecule has 1 atom stereocenters. The van der Waals surface area contributed by atoms with Gasteiger partial charge in [0, 0.05) is 23.6 Å². The van der Waals surface area contributed by atoms with E-state index in [-0.39, 0.29) is 6.04 Å². The van der Waals surface area contributed by atoms with E-state index in [1.54, 1.807) is 0 Å². The Hall–Kier alpha value is -0.540. The first-order chi connectivity index (χ1) is 9.29. The Kier molecular flexibility index (Phi) is 4.80. The second-order valence-electron chi connectivity index (χ2n) is 7.13. The van der Waals surface area contributed by atoms with Gasteiger partial charge in [0.15, 0.2) is 0 Å². The van der Waals surface area contributed by atoms with Gasteiger partial charge >= 0.3 is 0 Å². The number of hydrogen-bond donors (Lipinski definition) is 1. The zero-order valence-electron chi connectivity index (χ0n) is 13.1. The molecule has 1 saturated heterocycles. The van der Waals surface area contributed by atoms with Crippen molar-refractivity contribution in [3.63, 3.8) is 0 Å². The van der Waals surface area contributed by atoms with Crippen LogP contribution >= 0.6 is 15.9 Å². The average Bonchev–Trinajstić information content (AvgIpc) is 2.37. The standard InChI is InChI=1S/C17H27BrN2/c1-12(19)13-5-6-16(15(18)11-13)20-9-7-14(8-10-20)17(2,3)4/h5-6,11-12,14H,7-10,19H2,1-4H3/t12-/m1/s1. The number of rotatable bonds is 2. The van der Waals surface area contributed by atoms with Gasteiger partial charge in [-0.05, 0) is 64.7 Å². The third-order valence-electron chi connectivity index (χ3n) is 4.56. The molecule has 0 aromatic heterocycles. The van der Waals surface area contributed by atoms with E-state index in [4.69, 9.17) is 5.73 Å². The Balaban J connectivity index is 2.07. The summed E-state index contributed by atoms with van der Waals surface area (Å²) < 4.78 is 1.17. The molecular weight excluding hydrogens is 312 g/mol. The SMILES string of the molecule is C[C@@H](N)c1ccc(N2CCC(C(C)(C)C)CC2)c(Br)c1. The summed E-state index contributed by atoms with van der Waals surface area (Å²) in [6.07, 6.45) is 2.57. The van der Waals surface area contributed by atoms with Crippen molar-refractivity contribution in [2.24, 2.45) is 17.1 Å². The summed E-state index contributed by atoms with van der Waals surface area (Å²) in [6.45, 7) is 11.4. The molecule has 0 unspecified atom stereocenters. The number of halogens is 1. The molecule has 1 aliphatic heterocycles. The molecule has 1 aromatic carbocycles. The van der Waals surface area contributed by atoms with Crippen LogP contribution in [0.25, 0.3) is 0 Å². The van der Waals surface area contributed by atoms with Crippen LogP contribution in [-0.4, -0.2) is 13.1 Å². The maximum absolute atomic E-state index is 5.94. The Morgan fingerprint density at radius 1 is 1.25 bits per heavy atom. The lowest BCUT2D eigenvalue weighted by molar-refractivity contribution is 0.199. The molecule has 112 valence electrons. The monoisotopic (exact) mass is 338 g/mol. The second-order valence-corrected chi connectivity index (χ2v) is 7.98. The lowest BCUT2D eigenvalue weighted by Gasteiger charge is -2.40. The largest absolute Gasteiger partial charge is 0.371 e. The smallest absolute Gasteiger partial charge is 0.0510 e. The number of nitrogens with zero attached hydrogens (tertiary/aromatic N) is 1. The van der Waals surface area contributed by atoms with Gasteiger partial charge in [0.2, 0.25) is 0 Å². The number of anilines is 1. The zero-order valence-corrected chi connectivity index (χ0v) is 14.7. The van der Waals surface area contributed by atoms with E-state index in [2.05, 4.69) is 59.8 Å². The molecule has 1 aromatic rings. The van der Waals surface area contributed by atoms with E-state index in [0.29, 0.717) is 5.41 Å². The van der Waals surface area contributed by atoms with Crippen molar-refractivity contribution < 1.29 is 0 Å². The van der Waals surface area contributed by atoms with Crippen LogP contribution < -0.4 is 10.6 Å². The molecule has 2 nitrogen and oxygen atoms in total. The highest BCUT2D eigenvalue weighted by Gasteiger charge is 2.29. The molecule has 2 N–H and O–H groups in total. The Labute approximate surface area is 131 Å². The van der Waals surface area contributed by atoms with E-state index in [0.717, 1.165) is 19.0 Å².